The summed E-state index contributed by atoms with van der Waals surface area (Å²) in [5, 5.41) is 3.85. The number of halogens is 3. The molecule has 7 nitrogen and oxygen atoms in total. The van der Waals surface area contributed by atoms with E-state index in [1.807, 2.05) is 13.8 Å². The minimum Gasteiger partial charge on any atom is -0.493 e. The maximum Gasteiger partial charge on any atom is 0.416 e. The van der Waals surface area contributed by atoms with E-state index in [9.17, 15) is 26.4 Å². The molecule has 0 atom stereocenters. The van der Waals surface area contributed by atoms with Gasteiger partial charge in [0, 0.05) is 0 Å². The first kappa shape index (κ1) is 28.7. The number of hydrogen-bond donors (Lipinski definition) is 1. The number of alkyl halides is 3. The molecule has 0 saturated heterocycles. The van der Waals surface area contributed by atoms with Gasteiger partial charge in [-0.05, 0) is 73.0 Å². The van der Waals surface area contributed by atoms with Crippen molar-refractivity contribution in [3.05, 3.63) is 89.5 Å². The quantitative estimate of drug-likeness (QED) is 0.272. The summed E-state index contributed by atoms with van der Waals surface area (Å²) in [6, 6.07) is 16.5. The third-order valence-electron chi connectivity index (χ3n) is 5.22. The number of carbonyl (C=O) groups is 1. The zero-order chi connectivity index (χ0) is 27.9. The van der Waals surface area contributed by atoms with Crippen LogP contribution < -0.4 is 14.5 Å². The summed E-state index contributed by atoms with van der Waals surface area (Å²) < 4.78 is 72.9. The maximum atomic E-state index is 13.4. The summed E-state index contributed by atoms with van der Waals surface area (Å²) in [4.78, 5) is 12.5. The van der Waals surface area contributed by atoms with E-state index >= 15 is 0 Å². The Morgan fingerprint density at radius 3 is 2.32 bits per heavy atom. The number of sulfonamides is 1. The molecular weight excluding hydrogens is 519 g/mol. The lowest BCUT2D eigenvalue weighted by atomic mass is 10.2. The molecule has 202 valence electrons. The van der Waals surface area contributed by atoms with E-state index in [-0.39, 0.29) is 10.6 Å². The molecule has 38 heavy (non-hydrogen) atoms. The predicted molar refractivity (Wildman–Crippen MR) is 140 cm³/mol. The number of nitrogens with zero attached hydrogens (tertiary/aromatic N) is 2. The minimum atomic E-state index is -4.70. The molecule has 3 rings (SSSR count). The van der Waals surface area contributed by atoms with Crippen molar-refractivity contribution < 1.29 is 31.1 Å². The van der Waals surface area contributed by atoms with Crippen LogP contribution in [0.4, 0.5) is 18.9 Å². The van der Waals surface area contributed by atoms with Crippen molar-refractivity contribution in [2.45, 2.75) is 31.8 Å². The highest BCUT2D eigenvalue weighted by Crippen LogP contribution is 2.33. The standard InChI is InChI=1S/C27H28F3N3O4S/c1-19(2)18-37-24-11-9-21(10-12-24)16-31-32-26(34)17-33(23-6-4-5-22(15-23)27(28,29)30)38(35,36)25-13-7-20(3)8-14-25/h4-16,19H,17-18H2,1-3H3,(H,32,34)/b31-16-. The average molecular weight is 548 g/mol. The van der Waals surface area contributed by atoms with Crippen LogP contribution in [-0.2, 0) is 21.0 Å². The number of ether oxygens (including phenoxy) is 1. The topological polar surface area (TPSA) is 88.1 Å². The fourth-order valence-corrected chi connectivity index (χ4v) is 4.66. The number of aryl methyl sites for hydroxylation is 1. The van der Waals surface area contributed by atoms with Crippen molar-refractivity contribution in [2.24, 2.45) is 11.0 Å². The molecule has 11 heteroatoms. The van der Waals surface area contributed by atoms with Gasteiger partial charge in [-0.25, -0.2) is 13.8 Å². The first-order valence-electron chi connectivity index (χ1n) is 11.7. The summed E-state index contributed by atoms with van der Waals surface area (Å²) in [6.45, 7) is 5.60. The number of rotatable bonds is 10. The second-order valence-electron chi connectivity index (χ2n) is 8.94. The highest BCUT2D eigenvalue weighted by molar-refractivity contribution is 7.92. The molecular formula is C27H28F3N3O4S. The van der Waals surface area contributed by atoms with Crippen LogP contribution in [0.25, 0.3) is 0 Å². The molecule has 0 heterocycles. The molecule has 0 bridgehead atoms. The molecule has 0 fully saturated rings. The van der Waals surface area contributed by atoms with E-state index in [1.54, 1.807) is 43.3 Å². The lowest BCUT2D eigenvalue weighted by Crippen LogP contribution is -2.39. The van der Waals surface area contributed by atoms with Gasteiger partial charge in [0.15, 0.2) is 0 Å². The van der Waals surface area contributed by atoms with Crippen molar-refractivity contribution >= 4 is 27.8 Å². The Morgan fingerprint density at radius 1 is 1.05 bits per heavy atom. The van der Waals surface area contributed by atoms with Crippen LogP contribution in [0, 0.1) is 12.8 Å². The normalized spacial score (nSPS) is 12.1. The molecule has 1 amide bonds. The molecule has 0 spiro atoms. The van der Waals surface area contributed by atoms with Crippen LogP contribution in [-0.4, -0.2) is 33.7 Å². The second kappa shape index (κ2) is 12.1. The number of hydrogen-bond acceptors (Lipinski definition) is 5. The van der Waals surface area contributed by atoms with Gasteiger partial charge < -0.3 is 4.74 Å². The Labute approximate surface area is 220 Å². The van der Waals surface area contributed by atoms with Crippen molar-refractivity contribution in [1.82, 2.24) is 5.43 Å². The van der Waals surface area contributed by atoms with Crippen molar-refractivity contribution in [2.75, 3.05) is 17.5 Å². The summed E-state index contributed by atoms with van der Waals surface area (Å²) in [6.07, 6.45) is -3.34. The van der Waals surface area contributed by atoms with Gasteiger partial charge in [0.2, 0.25) is 0 Å². The molecule has 0 aliphatic carbocycles. The van der Waals surface area contributed by atoms with Crippen molar-refractivity contribution in [1.29, 1.82) is 0 Å². The van der Waals surface area contributed by atoms with Crippen LogP contribution >= 0.6 is 0 Å². The highest BCUT2D eigenvalue weighted by Gasteiger charge is 2.33. The number of benzene rings is 3. The Morgan fingerprint density at radius 2 is 1.71 bits per heavy atom. The zero-order valence-electron chi connectivity index (χ0n) is 21.1. The third-order valence-corrected chi connectivity index (χ3v) is 7.01. The van der Waals surface area contributed by atoms with Crippen molar-refractivity contribution in [3.63, 3.8) is 0 Å². The average Bonchev–Trinajstić information content (AvgIpc) is 2.86. The summed E-state index contributed by atoms with van der Waals surface area (Å²) in [7, 11) is -4.38. The molecule has 3 aromatic rings. The molecule has 0 saturated carbocycles. The van der Waals surface area contributed by atoms with E-state index in [2.05, 4.69) is 10.5 Å². The third kappa shape index (κ3) is 7.82. The molecule has 1 N–H and O–H groups in total. The van der Waals surface area contributed by atoms with Crippen LogP contribution in [0.3, 0.4) is 0 Å². The summed E-state index contributed by atoms with van der Waals surface area (Å²) >= 11 is 0. The van der Waals surface area contributed by atoms with Crippen molar-refractivity contribution in [3.8, 4) is 5.75 Å². The van der Waals surface area contributed by atoms with Gasteiger partial charge in [-0.15, -0.1) is 0 Å². The van der Waals surface area contributed by atoms with Crippen LogP contribution in [0.5, 0.6) is 5.75 Å². The van der Waals surface area contributed by atoms with E-state index in [4.69, 9.17) is 4.74 Å². The SMILES string of the molecule is Cc1ccc(S(=O)(=O)N(CC(=O)N/N=C\c2ccc(OCC(C)C)cc2)c2cccc(C(F)(F)F)c2)cc1. The number of hydrazone groups is 1. The van der Waals surface area contributed by atoms with Gasteiger partial charge >= 0.3 is 6.18 Å². The fraction of sp³-hybridized carbons (Fsp3) is 0.259. The number of anilines is 1. The molecule has 3 aromatic carbocycles. The smallest absolute Gasteiger partial charge is 0.416 e. The predicted octanol–water partition coefficient (Wildman–Crippen LogP) is 5.39. The van der Waals surface area contributed by atoms with E-state index in [1.165, 1.54) is 24.4 Å². The Balaban J connectivity index is 1.80. The monoisotopic (exact) mass is 547 g/mol. The number of carbonyl (C=O) groups excluding carboxylic acids is 1. The van der Waals surface area contributed by atoms with Gasteiger partial charge in [-0.2, -0.15) is 18.3 Å². The van der Waals surface area contributed by atoms with Crippen LogP contribution in [0.15, 0.2) is 82.8 Å². The molecule has 0 unspecified atom stereocenters. The van der Waals surface area contributed by atoms with Gasteiger partial charge in [0.1, 0.15) is 12.3 Å². The van der Waals surface area contributed by atoms with E-state index in [0.29, 0.717) is 34.2 Å². The van der Waals surface area contributed by atoms with Gasteiger partial charge in [-0.3, -0.25) is 9.10 Å². The maximum absolute atomic E-state index is 13.4. The first-order valence-corrected chi connectivity index (χ1v) is 13.1. The minimum absolute atomic E-state index is 0.170. The first-order chi connectivity index (χ1) is 17.9. The Hall–Kier alpha value is -3.86. The van der Waals surface area contributed by atoms with Gasteiger partial charge in [0.25, 0.3) is 15.9 Å². The summed E-state index contributed by atoms with van der Waals surface area (Å²) in [5.74, 6) is 0.209. The largest absolute Gasteiger partial charge is 0.493 e. The second-order valence-corrected chi connectivity index (χ2v) is 10.8. The van der Waals surface area contributed by atoms with Gasteiger partial charge in [-0.1, -0.05) is 37.6 Å². The molecule has 0 radical (unpaired) electrons. The Bertz CT molecular complexity index is 1370. The lowest BCUT2D eigenvalue weighted by molar-refractivity contribution is -0.137. The van der Waals surface area contributed by atoms with Crippen LogP contribution in [0.1, 0.15) is 30.5 Å². The molecule has 0 aliphatic rings. The van der Waals surface area contributed by atoms with E-state index in [0.717, 1.165) is 17.7 Å². The van der Waals surface area contributed by atoms with E-state index < -0.39 is 34.2 Å². The number of amides is 1. The Kier molecular flexibility index (Phi) is 9.16. The van der Waals surface area contributed by atoms with Gasteiger partial charge in [0.05, 0.1) is 29.0 Å². The zero-order valence-corrected chi connectivity index (χ0v) is 21.9. The summed E-state index contributed by atoms with van der Waals surface area (Å²) in [5.41, 5.74) is 2.32. The fourth-order valence-electron chi connectivity index (χ4n) is 3.25. The molecule has 0 aromatic heterocycles. The lowest BCUT2D eigenvalue weighted by Gasteiger charge is -2.24. The van der Waals surface area contributed by atoms with Crippen LogP contribution in [0.2, 0.25) is 0 Å². The number of nitrogens with one attached hydrogen (secondary N) is 1. The molecule has 0 aliphatic heterocycles. The highest BCUT2D eigenvalue weighted by atomic mass is 32.2.